The highest BCUT2D eigenvalue weighted by molar-refractivity contribution is 5.78. The van der Waals surface area contributed by atoms with Gasteiger partial charge in [-0.3, -0.25) is 14.6 Å². The number of amides is 1. The van der Waals surface area contributed by atoms with Gasteiger partial charge < -0.3 is 10.1 Å². The van der Waals surface area contributed by atoms with Crippen molar-refractivity contribution in [1.29, 1.82) is 0 Å². The lowest BCUT2D eigenvalue weighted by Crippen LogP contribution is -2.49. The molecule has 1 aliphatic heterocycles. The maximum Gasteiger partial charge on any atom is 0.234 e. The molecule has 5 nitrogen and oxygen atoms in total. The maximum absolute atomic E-state index is 12.3. The minimum Gasteiger partial charge on any atom is -0.374 e. The van der Waals surface area contributed by atoms with Crippen molar-refractivity contribution in [2.24, 2.45) is 5.92 Å². The number of ether oxygens (including phenoxy) is 1. The van der Waals surface area contributed by atoms with Crippen LogP contribution in [0, 0.1) is 5.92 Å². The quantitative estimate of drug-likeness (QED) is 0.783. The lowest BCUT2D eigenvalue weighted by atomic mass is 10.1. The molecule has 1 fully saturated rings. The number of nitrogens with one attached hydrogen (secondary N) is 1. The Hall–Kier alpha value is -1.43. The van der Waals surface area contributed by atoms with Crippen molar-refractivity contribution in [3.05, 3.63) is 35.9 Å². The molecule has 0 bridgehead atoms. The first kappa shape index (κ1) is 19.9. The zero-order chi connectivity index (χ0) is 18.2. The van der Waals surface area contributed by atoms with Gasteiger partial charge >= 0.3 is 0 Å². The summed E-state index contributed by atoms with van der Waals surface area (Å²) < 4.78 is 5.79. The Kier molecular flexibility index (Phi) is 7.88. The Morgan fingerprint density at radius 3 is 2.72 bits per heavy atom. The van der Waals surface area contributed by atoms with E-state index in [9.17, 15) is 4.79 Å². The van der Waals surface area contributed by atoms with Gasteiger partial charge in [-0.05, 0) is 25.5 Å². The van der Waals surface area contributed by atoms with Crippen LogP contribution < -0.4 is 5.32 Å². The minimum atomic E-state index is 0.0508. The number of nitrogens with zero attached hydrogens (tertiary/aromatic N) is 2. The summed E-state index contributed by atoms with van der Waals surface area (Å²) in [4.78, 5) is 16.8. The first-order chi connectivity index (χ1) is 12.0. The monoisotopic (exact) mass is 347 g/mol. The fourth-order valence-electron chi connectivity index (χ4n) is 3.22. The summed E-state index contributed by atoms with van der Waals surface area (Å²) in [6.07, 6.45) is 0.0910. The van der Waals surface area contributed by atoms with Crippen molar-refractivity contribution in [1.82, 2.24) is 15.1 Å². The summed E-state index contributed by atoms with van der Waals surface area (Å²) in [6.45, 7) is 11.3. The Bertz CT molecular complexity index is 521. The van der Waals surface area contributed by atoms with E-state index in [-0.39, 0.29) is 18.1 Å². The topological polar surface area (TPSA) is 44.8 Å². The van der Waals surface area contributed by atoms with Gasteiger partial charge in [0.15, 0.2) is 0 Å². The van der Waals surface area contributed by atoms with Crippen LogP contribution in [0.1, 0.15) is 32.4 Å². The number of rotatable bonds is 8. The van der Waals surface area contributed by atoms with Crippen LogP contribution in [0.2, 0.25) is 0 Å². The molecular weight excluding hydrogens is 314 g/mol. The van der Waals surface area contributed by atoms with Gasteiger partial charge in [-0.2, -0.15) is 0 Å². The standard InChI is InChI=1S/C20H33N3O2/c1-16(2)13-23-10-11-25-19(14-23)12-21-20(24)15-22(4)17(3)18-8-6-5-7-9-18/h5-9,16-17,19H,10-15H2,1-4H3,(H,21,24)/t17-,19-/m0/s1. The third-order valence-corrected chi connectivity index (χ3v) is 4.71. The first-order valence-electron chi connectivity index (χ1n) is 9.31. The van der Waals surface area contributed by atoms with E-state index in [0.717, 1.165) is 26.2 Å². The lowest BCUT2D eigenvalue weighted by Gasteiger charge is -2.34. The smallest absolute Gasteiger partial charge is 0.234 e. The zero-order valence-electron chi connectivity index (χ0n) is 16.1. The predicted molar refractivity (Wildman–Crippen MR) is 102 cm³/mol. The second kappa shape index (κ2) is 9.90. The fourth-order valence-corrected chi connectivity index (χ4v) is 3.22. The highest BCUT2D eigenvalue weighted by Gasteiger charge is 2.22. The summed E-state index contributed by atoms with van der Waals surface area (Å²) >= 11 is 0. The molecule has 140 valence electrons. The van der Waals surface area contributed by atoms with E-state index >= 15 is 0 Å². The van der Waals surface area contributed by atoms with Crippen molar-refractivity contribution in [2.45, 2.75) is 32.9 Å². The molecular formula is C20H33N3O2. The average Bonchev–Trinajstić information content (AvgIpc) is 2.60. The van der Waals surface area contributed by atoms with Crippen LogP contribution >= 0.6 is 0 Å². The number of hydrogen-bond acceptors (Lipinski definition) is 4. The number of carbonyl (C=O) groups excluding carboxylic acids is 1. The second-order valence-corrected chi connectivity index (χ2v) is 7.45. The summed E-state index contributed by atoms with van der Waals surface area (Å²) in [6, 6.07) is 10.5. The van der Waals surface area contributed by atoms with Crippen LogP contribution in [0.4, 0.5) is 0 Å². The molecule has 1 N–H and O–H groups in total. The molecule has 0 unspecified atom stereocenters. The molecule has 0 radical (unpaired) electrons. The zero-order valence-corrected chi connectivity index (χ0v) is 16.1. The molecule has 1 aromatic carbocycles. The Balaban J connectivity index is 1.73. The Labute approximate surface area is 152 Å². The molecule has 0 aromatic heterocycles. The van der Waals surface area contributed by atoms with E-state index in [1.54, 1.807) is 0 Å². The van der Waals surface area contributed by atoms with Gasteiger partial charge in [-0.15, -0.1) is 0 Å². The van der Waals surface area contributed by atoms with Crippen LogP contribution in [0.5, 0.6) is 0 Å². The van der Waals surface area contributed by atoms with Crippen molar-refractivity contribution < 1.29 is 9.53 Å². The van der Waals surface area contributed by atoms with Crippen LogP contribution in [0.3, 0.4) is 0 Å². The van der Waals surface area contributed by atoms with Crippen molar-refractivity contribution in [3.63, 3.8) is 0 Å². The molecule has 2 atom stereocenters. The van der Waals surface area contributed by atoms with Gasteiger partial charge in [-0.25, -0.2) is 0 Å². The van der Waals surface area contributed by atoms with Crippen LogP contribution in [-0.2, 0) is 9.53 Å². The lowest BCUT2D eigenvalue weighted by molar-refractivity contribution is -0.123. The van der Waals surface area contributed by atoms with Gasteiger partial charge in [0.1, 0.15) is 0 Å². The Morgan fingerprint density at radius 1 is 1.32 bits per heavy atom. The Morgan fingerprint density at radius 2 is 2.04 bits per heavy atom. The van der Waals surface area contributed by atoms with E-state index < -0.39 is 0 Å². The van der Waals surface area contributed by atoms with E-state index in [0.29, 0.717) is 19.0 Å². The molecule has 2 rings (SSSR count). The second-order valence-electron chi connectivity index (χ2n) is 7.45. The molecule has 25 heavy (non-hydrogen) atoms. The first-order valence-corrected chi connectivity index (χ1v) is 9.31. The average molecular weight is 348 g/mol. The largest absolute Gasteiger partial charge is 0.374 e. The SMILES string of the molecule is CC(C)CN1CCO[C@@H](CNC(=O)CN(C)[C@@H](C)c2ccccc2)C1. The minimum absolute atomic E-state index is 0.0508. The third-order valence-electron chi connectivity index (χ3n) is 4.71. The van der Waals surface area contributed by atoms with Crippen LogP contribution in [0.15, 0.2) is 30.3 Å². The normalized spacial score (nSPS) is 20.0. The van der Waals surface area contributed by atoms with E-state index in [2.05, 4.69) is 48.0 Å². The van der Waals surface area contributed by atoms with Gasteiger partial charge in [-0.1, -0.05) is 44.2 Å². The molecule has 0 saturated carbocycles. The molecule has 1 heterocycles. The van der Waals surface area contributed by atoms with Gasteiger partial charge in [0, 0.05) is 32.2 Å². The van der Waals surface area contributed by atoms with Gasteiger partial charge in [0.05, 0.1) is 19.3 Å². The number of benzene rings is 1. The number of hydrogen-bond donors (Lipinski definition) is 1. The maximum atomic E-state index is 12.3. The predicted octanol–water partition coefficient (Wildman–Crippen LogP) is 2.15. The summed E-state index contributed by atoms with van der Waals surface area (Å²) in [5.41, 5.74) is 1.22. The number of morpholine rings is 1. The molecule has 1 aromatic rings. The van der Waals surface area contributed by atoms with E-state index in [4.69, 9.17) is 4.74 Å². The van der Waals surface area contributed by atoms with Gasteiger partial charge in [0.25, 0.3) is 0 Å². The van der Waals surface area contributed by atoms with Crippen molar-refractivity contribution >= 4 is 5.91 Å². The molecule has 1 saturated heterocycles. The molecule has 5 heteroatoms. The third kappa shape index (κ3) is 6.77. The summed E-state index contributed by atoms with van der Waals surface area (Å²) in [7, 11) is 1.98. The van der Waals surface area contributed by atoms with E-state index in [1.165, 1.54) is 5.56 Å². The molecule has 0 aliphatic carbocycles. The van der Waals surface area contributed by atoms with Crippen LogP contribution in [-0.4, -0.2) is 68.2 Å². The molecule has 1 amide bonds. The van der Waals surface area contributed by atoms with Crippen molar-refractivity contribution in [2.75, 3.05) is 46.4 Å². The molecule has 0 spiro atoms. The highest BCUT2D eigenvalue weighted by Crippen LogP contribution is 2.17. The fraction of sp³-hybridized carbons (Fsp3) is 0.650. The molecule has 1 aliphatic rings. The highest BCUT2D eigenvalue weighted by atomic mass is 16.5. The van der Waals surface area contributed by atoms with Crippen LogP contribution in [0.25, 0.3) is 0 Å². The van der Waals surface area contributed by atoms with E-state index in [1.807, 2.05) is 25.2 Å². The summed E-state index contributed by atoms with van der Waals surface area (Å²) in [5, 5.41) is 3.03. The number of likely N-dealkylation sites (N-methyl/N-ethyl adjacent to an activating group) is 1. The van der Waals surface area contributed by atoms with Crippen molar-refractivity contribution in [3.8, 4) is 0 Å². The van der Waals surface area contributed by atoms with Gasteiger partial charge in [0.2, 0.25) is 5.91 Å². The summed E-state index contributed by atoms with van der Waals surface area (Å²) in [5.74, 6) is 0.705. The number of carbonyl (C=O) groups is 1.